The average Bonchev–Trinajstić information content (AvgIpc) is 3.14. The molecule has 0 saturated carbocycles. The van der Waals surface area contributed by atoms with Gasteiger partial charge in [0, 0.05) is 5.56 Å². The number of hydrogen-bond acceptors (Lipinski definition) is 5. The summed E-state index contributed by atoms with van der Waals surface area (Å²) in [6, 6.07) is 7.86. The number of ether oxygens (including phenoxy) is 3. The molecule has 0 unspecified atom stereocenters. The molecule has 2 heterocycles. The van der Waals surface area contributed by atoms with Crippen LogP contribution in [0.5, 0.6) is 0 Å². The summed E-state index contributed by atoms with van der Waals surface area (Å²) in [6.07, 6.45) is 1.17. The van der Waals surface area contributed by atoms with Crippen LogP contribution in [-0.2, 0) is 19.7 Å². The summed E-state index contributed by atoms with van der Waals surface area (Å²) in [5.41, 5.74) is 1.10. The molecule has 0 atom stereocenters. The van der Waals surface area contributed by atoms with Crippen LogP contribution in [0.4, 0.5) is 4.79 Å². The maximum absolute atomic E-state index is 12.5. The van der Waals surface area contributed by atoms with Crippen molar-refractivity contribution in [3.63, 3.8) is 0 Å². The molecule has 160 valence electrons. The Morgan fingerprint density at radius 3 is 2.40 bits per heavy atom. The molecule has 30 heavy (non-hydrogen) atoms. The van der Waals surface area contributed by atoms with Gasteiger partial charge in [0.2, 0.25) is 0 Å². The molecule has 1 amide bonds. The van der Waals surface area contributed by atoms with Gasteiger partial charge >= 0.3 is 6.09 Å². The van der Waals surface area contributed by atoms with E-state index in [-0.39, 0.29) is 13.2 Å². The number of hydrogen-bond donors (Lipinski definition) is 2. The number of carbonyl (C=O) groups is 1. The van der Waals surface area contributed by atoms with Gasteiger partial charge in [0.05, 0.1) is 25.1 Å². The van der Waals surface area contributed by atoms with Crippen molar-refractivity contribution in [3.8, 4) is 23.1 Å². The average molecular weight is 412 g/mol. The third-order valence-corrected chi connectivity index (χ3v) is 4.57. The van der Waals surface area contributed by atoms with E-state index >= 15 is 0 Å². The van der Waals surface area contributed by atoms with Gasteiger partial charge in [-0.1, -0.05) is 18.1 Å². The SMILES string of the molecule is CC#Cc1ccc(-c2cnc(C3(NC(=O)OC(C)(C)C)COC(C)(C)OC3)[nH]2)cc1. The number of rotatable bonds is 3. The predicted molar refractivity (Wildman–Crippen MR) is 114 cm³/mol. The normalized spacial score (nSPS) is 17.5. The summed E-state index contributed by atoms with van der Waals surface area (Å²) >= 11 is 0. The Balaban J connectivity index is 1.88. The van der Waals surface area contributed by atoms with Crippen LogP contribution < -0.4 is 5.32 Å². The largest absolute Gasteiger partial charge is 0.444 e. The Morgan fingerprint density at radius 1 is 1.20 bits per heavy atom. The van der Waals surface area contributed by atoms with Crippen LogP contribution >= 0.6 is 0 Å². The highest BCUT2D eigenvalue weighted by Gasteiger charge is 2.45. The van der Waals surface area contributed by atoms with Gasteiger partial charge < -0.3 is 24.5 Å². The lowest BCUT2D eigenvalue weighted by atomic mass is 9.99. The number of alkyl carbamates (subject to hydrolysis) is 1. The van der Waals surface area contributed by atoms with E-state index in [1.54, 1.807) is 6.20 Å². The number of nitrogens with zero attached hydrogens (tertiary/aromatic N) is 1. The van der Waals surface area contributed by atoms with Crippen LogP contribution in [-0.4, -0.2) is 40.7 Å². The molecule has 7 heteroatoms. The van der Waals surface area contributed by atoms with Crippen molar-refractivity contribution in [1.29, 1.82) is 0 Å². The second-order valence-corrected chi connectivity index (χ2v) is 8.78. The second kappa shape index (κ2) is 8.13. The van der Waals surface area contributed by atoms with E-state index < -0.39 is 23.0 Å². The summed E-state index contributed by atoms with van der Waals surface area (Å²) in [6.45, 7) is 11.3. The summed E-state index contributed by atoms with van der Waals surface area (Å²) in [4.78, 5) is 20.4. The molecule has 1 saturated heterocycles. The zero-order chi connectivity index (χ0) is 22.0. The first-order valence-electron chi connectivity index (χ1n) is 9.90. The smallest absolute Gasteiger partial charge is 0.408 e. The van der Waals surface area contributed by atoms with Crippen LogP contribution in [0.1, 0.15) is 52.9 Å². The van der Waals surface area contributed by atoms with Gasteiger partial charge in [0.15, 0.2) is 5.79 Å². The minimum atomic E-state index is -0.996. The number of carbonyl (C=O) groups excluding carboxylic acids is 1. The maximum atomic E-state index is 12.5. The number of H-pyrrole nitrogens is 1. The van der Waals surface area contributed by atoms with Crippen LogP contribution in [0.25, 0.3) is 11.3 Å². The van der Waals surface area contributed by atoms with E-state index in [1.807, 2.05) is 65.8 Å². The van der Waals surface area contributed by atoms with E-state index in [9.17, 15) is 4.79 Å². The molecule has 2 N–H and O–H groups in total. The van der Waals surface area contributed by atoms with E-state index in [1.165, 1.54) is 0 Å². The summed E-state index contributed by atoms with van der Waals surface area (Å²) in [5, 5.41) is 2.91. The lowest BCUT2D eigenvalue weighted by molar-refractivity contribution is -0.273. The first kappa shape index (κ1) is 21.9. The van der Waals surface area contributed by atoms with Crippen molar-refractivity contribution in [2.24, 2.45) is 0 Å². The maximum Gasteiger partial charge on any atom is 0.408 e. The molecule has 2 aromatic rings. The van der Waals surface area contributed by atoms with Crippen molar-refractivity contribution in [1.82, 2.24) is 15.3 Å². The van der Waals surface area contributed by atoms with Gasteiger partial charge in [0.1, 0.15) is 17.0 Å². The number of nitrogens with one attached hydrogen (secondary N) is 2. The minimum absolute atomic E-state index is 0.192. The Labute approximate surface area is 177 Å². The van der Waals surface area contributed by atoms with Crippen molar-refractivity contribution < 1.29 is 19.0 Å². The Morgan fingerprint density at radius 2 is 1.83 bits per heavy atom. The zero-order valence-corrected chi connectivity index (χ0v) is 18.4. The van der Waals surface area contributed by atoms with Gasteiger partial charge in [-0.15, -0.1) is 5.92 Å². The first-order valence-corrected chi connectivity index (χ1v) is 9.90. The fraction of sp³-hybridized carbons (Fsp3) is 0.478. The first-order chi connectivity index (χ1) is 14.0. The number of benzene rings is 1. The van der Waals surface area contributed by atoms with Gasteiger partial charge in [-0.05, 0) is 59.2 Å². The fourth-order valence-corrected chi connectivity index (χ4v) is 3.03. The molecule has 1 fully saturated rings. The minimum Gasteiger partial charge on any atom is -0.444 e. The standard InChI is InChI=1S/C23H29N3O4/c1-7-8-16-9-11-17(12-10-16)18-13-24-19(25-18)23(14-28-22(5,6)29-15-23)26-20(27)30-21(2,3)4/h9-13H,14-15H2,1-6H3,(H,24,25)(H,26,27). The Hall–Kier alpha value is -2.82. The lowest BCUT2D eigenvalue weighted by Gasteiger charge is -2.42. The van der Waals surface area contributed by atoms with Crippen LogP contribution in [0.3, 0.4) is 0 Å². The quantitative estimate of drug-likeness (QED) is 0.747. The lowest BCUT2D eigenvalue weighted by Crippen LogP contribution is -2.59. The third-order valence-electron chi connectivity index (χ3n) is 4.57. The van der Waals surface area contributed by atoms with Gasteiger partial charge in [-0.3, -0.25) is 0 Å². The van der Waals surface area contributed by atoms with E-state index in [2.05, 4.69) is 27.1 Å². The monoisotopic (exact) mass is 411 g/mol. The Kier molecular flexibility index (Phi) is 5.93. The van der Waals surface area contributed by atoms with Crippen molar-refractivity contribution in [2.75, 3.05) is 13.2 Å². The van der Waals surface area contributed by atoms with Gasteiger partial charge in [-0.2, -0.15) is 0 Å². The van der Waals surface area contributed by atoms with Crippen LogP contribution in [0, 0.1) is 11.8 Å². The molecule has 7 nitrogen and oxygen atoms in total. The van der Waals surface area contributed by atoms with Crippen LogP contribution in [0.2, 0.25) is 0 Å². The zero-order valence-electron chi connectivity index (χ0n) is 18.4. The number of imidazole rings is 1. The van der Waals surface area contributed by atoms with Crippen molar-refractivity contribution >= 4 is 6.09 Å². The molecule has 1 aliphatic heterocycles. The fourth-order valence-electron chi connectivity index (χ4n) is 3.03. The molecule has 1 aliphatic rings. The molecular formula is C23H29N3O4. The van der Waals surface area contributed by atoms with Crippen LogP contribution in [0.15, 0.2) is 30.5 Å². The molecular weight excluding hydrogens is 382 g/mol. The predicted octanol–water partition coefficient (Wildman–Crippen LogP) is 3.95. The highest BCUT2D eigenvalue weighted by atomic mass is 16.7. The molecule has 3 rings (SSSR count). The molecule has 1 aromatic carbocycles. The summed E-state index contributed by atoms with van der Waals surface area (Å²) in [7, 11) is 0. The van der Waals surface area contributed by atoms with E-state index in [0.29, 0.717) is 5.82 Å². The molecule has 0 radical (unpaired) electrons. The highest BCUT2D eigenvalue weighted by molar-refractivity contribution is 5.69. The number of amides is 1. The summed E-state index contributed by atoms with van der Waals surface area (Å²) < 4.78 is 17.2. The molecule has 0 spiro atoms. The topological polar surface area (TPSA) is 85.5 Å². The number of aromatic nitrogens is 2. The van der Waals surface area contributed by atoms with Gasteiger partial charge in [0.25, 0.3) is 0 Å². The second-order valence-electron chi connectivity index (χ2n) is 8.78. The molecule has 1 aromatic heterocycles. The number of aromatic amines is 1. The highest BCUT2D eigenvalue weighted by Crippen LogP contribution is 2.31. The van der Waals surface area contributed by atoms with E-state index in [4.69, 9.17) is 14.2 Å². The molecule has 0 bridgehead atoms. The van der Waals surface area contributed by atoms with Crippen molar-refractivity contribution in [2.45, 2.75) is 58.5 Å². The third kappa shape index (κ3) is 5.21. The van der Waals surface area contributed by atoms with E-state index in [0.717, 1.165) is 16.8 Å². The van der Waals surface area contributed by atoms with Crippen molar-refractivity contribution in [3.05, 3.63) is 41.9 Å². The summed E-state index contributed by atoms with van der Waals surface area (Å²) in [5.74, 6) is 5.71. The van der Waals surface area contributed by atoms with Gasteiger partial charge in [-0.25, -0.2) is 9.78 Å². The Bertz CT molecular complexity index is 949. The molecule has 0 aliphatic carbocycles.